The number of aliphatic carboxylic acids is 1. The van der Waals surface area contributed by atoms with Gasteiger partial charge in [0.15, 0.2) is 5.82 Å². The maximum absolute atomic E-state index is 11.5. The van der Waals surface area contributed by atoms with E-state index >= 15 is 0 Å². The molecule has 84 valence electrons. The highest BCUT2D eigenvalue weighted by molar-refractivity contribution is 9.10. The molecular weight excluding hydrogens is 278 g/mol. The fourth-order valence-corrected chi connectivity index (χ4v) is 1.75. The normalized spacial score (nSPS) is 18.3. The molecule has 3 N–H and O–H groups in total. The largest absolute Gasteiger partial charge is 0.481 e. The molecule has 1 aliphatic rings. The van der Waals surface area contributed by atoms with E-state index in [0.717, 1.165) is 4.47 Å². The zero-order valence-electron chi connectivity index (χ0n) is 8.03. The Bertz CT molecular complexity index is 463. The van der Waals surface area contributed by atoms with Crippen molar-refractivity contribution < 1.29 is 14.7 Å². The Hall–Kier alpha value is -1.63. The first kappa shape index (κ1) is 10.9. The molecule has 0 spiro atoms. The van der Waals surface area contributed by atoms with Crippen LogP contribution in [0.1, 0.15) is 6.42 Å². The van der Waals surface area contributed by atoms with Crippen molar-refractivity contribution in [2.45, 2.75) is 12.5 Å². The number of nitrogens with one attached hydrogen (secondary N) is 2. The van der Waals surface area contributed by atoms with Crippen LogP contribution in [-0.4, -0.2) is 28.0 Å². The predicted octanol–water partition coefficient (Wildman–Crippen LogP) is 1.05. The molecule has 0 saturated heterocycles. The van der Waals surface area contributed by atoms with Crippen molar-refractivity contribution in [3.05, 3.63) is 16.7 Å². The highest BCUT2D eigenvalue weighted by Crippen LogP contribution is 2.27. The number of fused-ring (bicyclic) bond motifs is 1. The standard InChI is InChI=1S/C9H8BrN3O3/c10-4-1-5-8(11-3-4)12-6(2-7(14)15)9(16)13-5/h1,3,6H,2H2,(H,11,12)(H,13,16)(H,14,15). The summed E-state index contributed by atoms with van der Waals surface area (Å²) in [6, 6.07) is 0.920. The molecule has 1 atom stereocenters. The molecule has 0 bridgehead atoms. The first-order chi connectivity index (χ1) is 7.56. The van der Waals surface area contributed by atoms with Crippen molar-refractivity contribution in [2.75, 3.05) is 10.6 Å². The molecule has 2 heterocycles. The molecule has 1 aromatic heterocycles. The van der Waals surface area contributed by atoms with Crippen molar-refractivity contribution in [2.24, 2.45) is 0 Å². The van der Waals surface area contributed by atoms with Gasteiger partial charge in [-0.2, -0.15) is 0 Å². The SMILES string of the molecule is O=C(O)CC1Nc2ncc(Br)cc2NC1=O. The van der Waals surface area contributed by atoms with E-state index in [2.05, 4.69) is 31.5 Å². The van der Waals surface area contributed by atoms with E-state index in [1.54, 1.807) is 12.3 Å². The summed E-state index contributed by atoms with van der Waals surface area (Å²) < 4.78 is 0.741. The fourth-order valence-electron chi connectivity index (χ4n) is 1.42. The van der Waals surface area contributed by atoms with Crippen LogP contribution >= 0.6 is 15.9 Å². The smallest absolute Gasteiger partial charge is 0.305 e. The third kappa shape index (κ3) is 2.13. The van der Waals surface area contributed by atoms with Gasteiger partial charge in [-0.25, -0.2) is 4.98 Å². The Kier molecular flexibility index (Phi) is 2.78. The fraction of sp³-hybridized carbons (Fsp3) is 0.222. The predicted molar refractivity (Wildman–Crippen MR) is 60.2 cm³/mol. The Morgan fingerprint density at radius 1 is 1.62 bits per heavy atom. The zero-order chi connectivity index (χ0) is 11.7. The molecule has 6 nitrogen and oxygen atoms in total. The number of carboxylic acid groups (broad SMARTS) is 1. The Morgan fingerprint density at radius 3 is 3.06 bits per heavy atom. The minimum Gasteiger partial charge on any atom is -0.481 e. The summed E-state index contributed by atoms with van der Waals surface area (Å²) in [4.78, 5) is 26.1. The van der Waals surface area contributed by atoms with Gasteiger partial charge in [-0.15, -0.1) is 0 Å². The summed E-state index contributed by atoms with van der Waals surface area (Å²) in [7, 11) is 0. The Balaban J connectivity index is 2.25. The Morgan fingerprint density at radius 2 is 2.38 bits per heavy atom. The summed E-state index contributed by atoms with van der Waals surface area (Å²) in [6.45, 7) is 0. The number of carbonyl (C=O) groups is 2. The van der Waals surface area contributed by atoms with E-state index in [-0.39, 0.29) is 12.3 Å². The molecular formula is C9H8BrN3O3. The molecule has 16 heavy (non-hydrogen) atoms. The monoisotopic (exact) mass is 285 g/mol. The van der Waals surface area contributed by atoms with Crippen LogP contribution in [0.5, 0.6) is 0 Å². The number of halogens is 1. The van der Waals surface area contributed by atoms with Crippen molar-refractivity contribution in [1.29, 1.82) is 0 Å². The van der Waals surface area contributed by atoms with Gasteiger partial charge in [0, 0.05) is 10.7 Å². The van der Waals surface area contributed by atoms with E-state index in [1.807, 2.05) is 0 Å². The molecule has 0 saturated carbocycles. The van der Waals surface area contributed by atoms with Gasteiger partial charge < -0.3 is 15.7 Å². The lowest BCUT2D eigenvalue weighted by Crippen LogP contribution is -2.40. The highest BCUT2D eigenvalue weighted by atomic mass is 79.9. The van der Waals surface area contributed by atoms with Crippen LogP contribution in [0.3, 0.4) is 0 Å². The lowest BCUT2D eigenvalue weighted by molar-refractivity contribution is -0.138. The van der Waals surface area contributed by atoms with Crippen LogP contribution in [0.15, 0.2) is 16.7 Å². The van der Waals surface area contributed by atoms with Gasteiger partial charge in [0.2, 0.25) is 5.91 Å². The molecule has 1 aliphatic heterocycles. The number of hydrogen-bond donors (Lipinski definition) is 3. The number of hydrogen-bond acceptors (Lipinski definition) is 4. The van der Waals surface area contributed by atoms with Gasteiger partial charge in [0.25, 0.3) is 0 Å². The van der Waals surface area contributed by atoms with Gasteiger partial charge in [0.05, 0.1) is 12.1 Å². The third-order valence-corrected chi connectivity index (χ3v) is 2.55. The quantitative estimate of drug-likeness (QED) is 0.756. The zero-order valence-corrected chi connectivity index (χ0v) is 9.61. The summed E-state index contributed by atoms with van der Waals surface area (Å²) in [5.41, 5.74) is 0.543. The number of anilines is 2. The number of amides is 1. The van der Waals surface area contributed by atoms with Crippen molar-refractivity contribution in [3.63, 3.8) is 0 Å². The van der Waals surface area contributed by atoms with E-state index in [4.69, 9.17) is 5.11 Å². The molecule has 1 aromatic rings. The lowest BCUT2D eigenvalue weighted by Gasteiger charge is -2.24. The van der Waals surface area contributed by atoms with Gasteiger partial charge in [-0.05, 0) is 22.0 Å². The number of aromatic nitrogens is 1. The summed E-state index contributed by atoms with van der Waals surface area (Å²) in [5, 5.41) is 14.0. The molecule has 1 amide bonds. The molecule has 2 rings (SSSR count). The van der Waals surface area contributed by atoms with Gasteiger partial charge >= 0.3 is 5.97 Å². The number of carbonyl (C=O) groups excluding carboxylic acids is 1. The van der Waals surface area contributed by atoms with E-state index < -0.39 is 12.0 Å². The summed E-state index contributed by atoms with van der Waals surface area (Å²) >= 11 is 3.23. The van der Waals surface area contributed by atoms with Crippen LogP contribution < -0.4 is 10.6 Å². The van der Waals surface area contributed by atoms with E-state index in [1.165, 1.54) is 0 Å². The molecule has 0 aromatic carbocycles. The number of nitrogens with zero attached hydrogens (tertiary/aromatic N) is 1. The molecule has 1 unspecified atom stereocenters. The van der Waals surface area contributed by atoms with Crippen LogP contribution in [0, 0.1) is 0 Å². The minimum atomic E-state index is -1.03. The van der Waals surface area contributed by atoms with Gasteiger partial charge in [-0.3, -0.25) is 9.59 Å². The van der Waals surface area contributed by atoms with Crippen LogP contribution in [0.2, 0.25) is 0 Å². The maximum Gasteiger partial charge on any atom is 0.305 e. The number of carboxylic acids is 1. The Labute approximate surface area is 99.2 Å². The van der Waals surface area contributed by atoms with Crippen LogP contribution in [0.4, 0.5) is 11.5 Å². The second-order valence-corrected chi connectivity index (χ2v) is 4.25. The summed E-state index contributed by atoms with van der Waals surface area (Å²) in [6.07, 6.45) is 1.30. The first-order valence-electron chi connectivity index (χ1n) is 4.51. The maximum atomic E-state index is 11.5. The van der Waals surface area contributed by atoms with Crippen molar-refractivity contribution >= 4 is 39.3 Å². The van der Waals surface area contributed by atoms with Gasteiger partial charge in [-0.1, -0.05) is 0 Å². The van der Waals surface area contributed by atoms with E-state index in [0.29, 0.717) is 11.5 Å². The molecule has 0 radical (unpaired) electrons. The first-order valence-corrected chi connectivity index (χ1v) is 5.30. The topological polar surface area (TPSA) is 91.3 Å². The van der Waals surface area contributed by atoms with Crippen molar-refractivity contribution in [1.82, 2.24) is 4.98 Å². The molecule has 7 heteroatoms. The highest BCUT2D eigenvalue weighted by Gasteiger charge is 2.28. The average molecular weight is 286 g/mol. The summed E-state index contributed by atoms with van der Waals surface area (Å²) in [5.74, 6) is -0.919. The van der Waals surface area contributed by atoms with Crippen LogP contribution in [0.25, 0.3) is 0 Å². The van der Waals surface area contributed by atoms with E-state index in [9.17, 15) is 9.59 Å². The van der Waals surface area contributed by atoms with Gasteiger partial charge in [0.1, 0.15) is 6.04 Å². The van der Waals surface area contributed by atoms with Crippen molar-refractivity contribution in [3.8, 4) is 0 Å². The molecule has 0 fully saturated rings. The van der Waals surface area contributed by atoms with Crippen LogP contribution in [-0.2, 0) is 9.59 Å². The lowest BCUT2D eigenvalue weighted by atomic mass is 10.1. The average Bonchev–Trinajstić information content (AvgIpc) is 2.19. The minimum absolute atomic E-state index is 0.275. The number of rotatable bonds is 2. The third-order valence-electron chi connectivity index (χ3n) is 2.12. The molecule has 0 aliphatic carbocycles. The second kappa shape index (κ2) is 4.09. The second-order valence-electron chi connectivity index (χ2n) is 3.33. The number of pyridine rings is 1.